The third kappa shape index (κ3) is 7.05. The van der Waals surface area contributed by atoms with Crippen LogP contribution in [-0.4, -0.2) is 49.0 Å². The smallest absolute Gasteiger partial charge is 0.248 e. The number of guanidine groups is 1. The van der Waals surface area contributed by atoms with Crippen molar-refractivity contribution in [3.63, 3.8) is 0 Å². The van der Waals surface area contributed by atoms with E-state index in [9.17, 15) is 0 Å². The van der Waals surface area contributed by atoms with E-state index in [1.807, 2.05) is 20.8 Å². The molecule has 0 spiro atoms. The molecule has 2 N–H and O–H groups in total. The highest BCUT2D eigenvalue weighted by Crippen LogP contribution is 2.40. The van der Waals surface area contributed by atoms with Gasteiger partial charge in [-0.1, -0.05) is 18.0 Å². The summed E-state index contributed by atoms with van der Waals surface area (Å²) in [6.07, 6.45) is 6.00. The standard InChI is InChI=1S/C20H37N5O3/c1-5-21-19(22-14-17-24-18(25-28-17)16(4)27-7-3)23-15-20(10-8-9-11-20)12-13-26-6-2/h16H,5-15H2,1-4H3,(H2,21,22,23). The lowest BCUT2D eigenvalue weighted by Gasteiger charge is -2.30. The number of hydrogen-bond donors (Lipinski definition) is 2. The van der Waals surface area contributed by atoms with Crippen LogP contribution in [0.3, 0.4) is 0 Å². The van der Waals surface area contributed by atoms with Crippen molar-refractivity contribution >= 4 is 5.96 Å². The predicted molar refractivity (Wildman–Crippen MR) is 109 cm³/mol. The van der Waals surface area contributed by atoms with Crippen LogP contribution in [-0.2, 0) is 16.0 Å². The summed E-state index contributed by atoms with van der Waals surface area (Å²) in [4.78, 5) is 9.00. The molecule has 8 nitrogen and oxygen atoms in total. The average molecular weight is 396 g/mol. The van der Waals surface area contributed by atoms with Crippen molar-refractivity contribution in [2.45, 2.75) is 72.4 Å². The molecule has 0 radical (unpaired) electrons. The van der Waals surface area contributed by atoms with Crippen LogP contribution >= 0.6 is 0 Å². The first-order valence-corrected chi connectivity index (χ1v) is 10.7. The highest BCUT2D eigenvalue weighted by molar-refractivity contribution is 5.79. The van der Waals surface area contributed by atoms with Gasteiger partial charge in [0, 0.05) is 32.9 Å². The molecule has 1 heterocycles. The first-order valence-electron chi connectivity index (χ1n) is 10.7. The Morgan fingerprint density at radius 3 is 2.68 bits per heavy atom. The summed E-state index contributed by atoms with van der Waals surface area (Å²) in [5.41, 5.74) is 0.302. The Hall–Kier alpha value is -1.67. The fourth-order valence-electron chi connectivity index (χ4n) is 3.65. The quantitative estimate of drug-likeness (QED) is 0.319. The van der Waals surface area contributed by atoms with E-state index >= 15 is 0 Å². The zero-order valence-electron chi connectivity index (χ0n) is 17.9. The van der Waals surface area contributed by atoms with Crippen LogP contribution in [0.25, 0.3) is 0 Å². The van der Waals surface area contributed by atoms with Crippen molar-refractivity contribution in [1.82, 2.24) is 20.8 Å². The van der Waals surface area contributed by atoms with E-state index < -0.39 is 0 Å². The number of aliphatic imine (C=N–C) groups is 1. The van der Waals surface area contributed by atoms with Crippen molar-refractivity contribution in [3.05, 3.63) is 11.7 Å². The highest BCUT2D eigenvalue weighted by Gasteiger charge is 2.33. The van der Waals surface area contributed by atoms with Gasteiger partial charge >= 0.3 is 0 Å². The van der Waals surface area contributed by atoms with E-state index in [1.165, 1.54) is 25.7 Å². The number of hydrogen-bond acceptors (Lipinski definition) is 6. The molecule has 28 heavy (non-hydrogen) atoms. The summed E-state index contributed by atoms with van der Waals surface area (Å²) in [5, 5.41) is 10.8. The Balaban J connectivity index is 1.92. The van der Waals surface area contributed by atoms with Crippen molar-refractivity contribution in [2.75, 3.05) is 32.9 Å². The Morgan fingerprint density at radius 2 is 2.00 bits per heavy atom. The van der Waals surface area contributed by atoms with Gasteiger partial charge < -0.3 is 24.6 Å². The minimum Gasteiger partial charge on any atom is -0.382 e. The third-order valence-electron chi connectivity index (χ3n) is 5.26. The second-order valence-electron chi connectivity index (χ2n) is 7.35. The molecule has 0 aliphatic heterocycles. The highest BCUT2D eigenvalue weighted by atomic mass is 16.5. The number of nitrogens with zero attached hydrogens (tertiary/aromatic N) is 3. The molecule has 0 bridgehead atoms. The van der Waals surface area contributed by atoms with Crippen LogP contribution in [0.15, 0.2) is 9.52 Å². The van der Waals surface area contributed by atoms with Gasteiger partial charge in [-0.25, -0.2) is 4.99 Å². The maximum Gasteiger partial charge on any atom is 0.248 e. The molecular weight excluding hydrogens is 358 g/mol. The van der Waals surface area contributed by atoms with E-state index in [4.69, 9.17) is 14.0 Å². The summed E-state index contributed by atoms with van der Waals surface area (Å²) < 4.78 is 16.4. The molecular formula is C20H37N5O3. The fourth-order valence-corrected chi connectivity index (χ4v) is 3.65. The van der Waals surface area contributed by atoms with E-state index in [2.05, 4.69) is 32.7 Å². The fraction of sp³-hybridized carbons (Fsp3) is 0.850. The summed E-state index contributed by atoms with van der Waals surface area (Å²) in [7, 11) is 0. The normalized spacial score (nSPS) is 17.6. The number of nitrogens with one attached hydrogen (secondary N) is 2. The third-order valence-corrected chi connectivity index (χ3v) is 5.26. The monoisotopic (exact) mass is 395 g/mol. The van der Waals surface area contributed by atoms with Gasteiger partial charge in [-0.05, 0) is 52.4 Å². The van der Waals surface area contributed by atoms with Crippen LogP contribution in [0.5, 0.6) is 0 Å². The number of rotatable bonds is 12. The first-order chi connectivity index (χ1) is 13.6. The topological polar surface area (TPSA) is 93.8 Å². The molecule has 1 fully saturated rings. The zero-order chi connectivity index (χ0) is 20.2. The van der Waals surface area contributed by atoms with Gasteiger partial charge in [-0.2, -0.15) is 4.98 Å². The van der Waals surface area contributed by atoms with E-state index in [-0.39, 0.29) is 6.10 Å². The molecule has 8 heteroatoms. The number of aromatic nitrogens is 2. The predicted octanol–water partition coefficient (Wildman–Crippen LogP) is 3.21. The molecule has 1 saturated carbocycles. The van der Waals surface area contributed by atoms with Crippen LogP contribution in [0.2, 0.25) is 0 Å². The van der Waals surface area contributed by atoms with E-state index in [0.29, 0.717) is 30.3 Å². The second-order valence-corrected chi connectivity index (χ2v) is 7.35. The Morgan fingerprint density at radius 1 is 1.21 bits per heavy atom. The SMILES string of the molecule is CCNC(=NCc1nc(C(C)OCC)no1)NCC1(CCOCC)CCCC1. The zero-order valence-corrected chi connectivity index (χ0v) is 17.9. The Labute approximate surface area is 168 Å². The molecule has 1 aromatic rings. The molecule has 1 aliphatic carbocycles. The Kier molecular flexibility index (Phi) is 9.70. The molecule has 1 unspecified atom stereocenters. The largest absolute Gasteiger partial charge is 0.382 e. The van der Waals surface area contributed by atoms with Crippen molar-refractivity contribution in [1.29, 1.82) is 0 Å². The lowest BCUT2D eigenvalue weighted by atomic mass is 9.83. The summed E-state index contributed by atoms with van der Waals surface area (Å²) in [5.74, 6) is 1.83. The minimum atomic E-state index is -0.176. The van der Waals surface area contributed by atoms with Crippen LogP contribution in [0.1, 0.15) is 77.6 Å². The minimum absolute atomic E-state index is 0.176. The molecule has 1 aromatic heterocycles. The Bertz CT molecular complexity index is 584. The first kappa shape index (κ1) is 22.6. The van der Waals surface area contributed by atoms with Gasteiger partial charge in [0.05, 0.1) is 0 Å². The molecule has 0 saturated heterocycles. The molecule has 2 rings (SSSR count). The van der Waals surface area contributed by atoms with Crippen LogP contribution in [0.4, 0.5) is 0 Å². The number of ether oxygens (including phenoxy) is 2. The molecule has 1 atom stereocenters. The van der Waals surface area contributed by atoms with Gasteiger partial charge in [-0.15, -0.1) is 0 Å². The maximum absolute atomic E-state index is 5.61. The summed E-state index contributed by atoms with van der Waals surface area (Å²) in [6.45, 7) is 12.2. The van der Waals surface area contributed by atoms with Crippen molar-refractivity contribution < 1.29 is 14.0 Å². The van der Waals surface area contributed by atoms with Gasteiger partial charge in [-0.3, -0.25) is 0 Å². The maximum atomic E-state index is 5.61. The molecule has 1 aliphatic rings. The molecule has 0 amide bonds. The van der Waals surface area contributed by atoms with E-state index in [1.54, 1.807) is 0 Å². The lowest BCUT2D eigenvalue weighted by molar-refractivity contribution is 0.0683. The van der Waals surface area contributed by atoms with Crippen LogP contribution in [0, 0.1) is 5.41 Å². The second kappa shape index (κ2) is 12.0. The van der Waals surface area contributed by atoms with Gasteiger partial charge in [0.25, 0.3) is 0 Å². The summed E-state index contributed by atoms with van der Waals surface area (Å²) >= 11 is 0. The van der Waals surface area contributed by atoms with Gasteiger partial charge in [0.1, 0.15) is 12.6 Å². The molecule has 160 valence electrons. The van der Waals surface area contributed by atoms with E-state index in [0.717, 1.165) is 38.7 Å². The lowest BCUT2D eigenvalue weighted by Crippen LogP contribution is -2.43. The summed E-state index contributed by atoms with van der Waals surface area (Å²) in [6, 6.07) is 0. The van der Waals surface area contributed by atoms with Gasteiger partial charge in [0.15, 0.2) is 11.8 Å². The van der Waals surface area contributed by atoms with Crippen molar-refractivity contribution in [3.8, 4) is 0 Å². The van der Waals surface area contributed by atoms with Crippen LogP contribution < -0.4 is 10.6 Å². The average Bonchev–Trinajstić information content (AvgIpc) is 3.35. The van der Waals surface area contributed by atoms with Gasteiger partial charge in [0.2, 0.25) is 5.89 Å². The molecule has 0 aromatic carbocycles. The van der Waals surface area contributed by atoms with Crippen molar-refractivity contribution in [2.24, 2.45) is 10.4 Å².